The maximum Gasteiger partial charge on any atom is 0.228 e. The van der Waals surface area contributed by atoms with Crippen LogP contribution in [0.3, 0.4) is 0 Å². The number of fused-ring (bicyclic) bond motifs is 1. The van der Waals surface area contributed by atoms with Crippen molar-refractivity contribution in [3.8, 4) is 0 Å². The van der Waals surface area contributed by atoms with Gasteiger partial charge in [0.05, 0.1) is 5.92 Å². The Kier molecular flexibility index (Phi) is 3.92. The lowest BCUT2D eigenvalue weighted by atomic mass is 9.98. The van der Waals surface area contributed by atoms with E-state index in [1.54, 1.807) is 11.8 Å². The molecule has 0 spiro atoms. The highest BCUT2D eigenvalue weighted by Gasteiger charge is 2.24. The number of nitrogens with zero attached hydrogens (tertiary/aromatic N) is 1. The number of rotatable bonds is 2. The third kappa shape index (κ3) is 2.93. The molecule has 2 heterocycles. The summed E-state index contributed by atoms with van der Waals surface area (Å²) in [6, 6.07) is 5.80. The van der Waals surface area contributed by atoms with E-state index in [9.17, 15) is 9.59 Å². The summed E-state index contributed by atoms with van der Waals surface area (Å²) < 4.78 is 0. The van der Waals surface area contributed by atoms with Crippen molar-refractivity contribution in [3.63, 3.8) is 0 Å². The van der Waals surface area contributed by atoms with Gasteiger partial charge in [-0.05, 0) is 49.6 Å². The number of anilines is 2. The fourth-order valence-electron chi connectivity index (χ4n) is 3.13. The SMILES string of the molecule is CC(=O)N1CCc2cc(NC(=O)C3CCCNC3)ccc21. The van der Waals surface area contributed by atoms with Crippen molar-refractivity contribution in [1.29, 1.82) is 0 Å². The summed E-state index contributed by atoms with van der Waals surface area (Å²) >= 11 is 0. The van der Waals surface area contributed by atoms with Gasteiger partial charge in [0.25, 0.3) is 0 Å². The van der Waals surface area contributed by atoms with Gasteiger partial charge in [-0.2, -0.15) is 0 Å². The van der Waals surface area contributed by atoms with Crippen LogP contribution in [0.2, 0.25) is 0 Å². The number of nitrogens with one attached hydrogen (secondary N) is 2. The van der Waals surface area contributed by atoms with E-state index in [1.807, 2.05) is 18.2 Å². The predicted octanol–water partition coefficient (Wildman–Crippen LogP) is 1.53. The summed E-state index contributed by atoms with van der Waals surface area (Å²) in [4.78, 5) is 25.5. The highest BCUT2D eigenvalue weighted by Crippen LogP contribution is 2.30. The molecule has 1 unspecified atom stereocenters. The van der Waals surface area contributed by atoms with Crippen LogP contribution in [0.1, 0.15) is 25.3 Å². The smallest absolute Gasteiger partial charge is 0.228 e. The van der Waals surface area contributed by atoms with Crippen LogP contribution in [-0.4, -0.2) is 31.4 Å². The van der Waals surface area contributed by atoms with Gasteiger partial charge in [-0.15, -0.1) is 0 Å². The summed E-state index contributed by atoms with van der Waals surface area (Å²) in [6.07, 6.45) is 2.85. The summed E-state index contributed by atoms with van der Waals surface area (Å²) in [5, 5.41) is 6.26. The standard InChI is InChI=1S/C16H21N3O2/c1-11(20)19-8-6-12-9-14(4-5-15(12)19)18-16(21)13-3-2-7-17-10-13/h4-5,9,13,17H,2-3,6-8,10H2,1H3,(H,18,21). The minimum atomic E-state index is 0.0562. The van der Waals surface area contributed by atoms with Gasteiger partial charge >= 0.3 is 0 Å². The molecule has 0 aliphatic carbocycles. The maximum atomic E-state index is 12.2. The molecule has 0 bridgehead atoms. The zero-order chi connectivity index (χ0) is 14.8. The van der Waals surface area contributed by atoms with Gasteiger partial charge in [-0.25, -0.2) is 0 Å². The first-order valence-electron chi connectivity index (χ1n) is 7.58. The topological polar surface area (TPSA) is 61.4 Å². The summed E-state index contributed by atoms with van der Waals surface area (Å²) in [6.45, 7) is 4.08. The molecule has 3 rings (SSSR count). The van der Waals surface area contributed by atoms with Gasteiger partial charge in [0.2, 0.25) is 11.8 Å². The Balaban J connectivity index is 1.70. The minimum absolute atomic E-state index is 0.0562. The molecule has 2 aliphatic rings. The van der Waals surface area contributed by atoms with Crippen molar-refractivity contribution in [2.45, 2.75) is 26.2 Å². The lowest BCUT2D eigenvalue weighted by Crippen LogP contribution is -2.37. The van der Waals surface area contributed by atoms with Crippen molar-refractivity contribution in [3.05, 3.63) is 23.8 Å². The van der Waals surface area contributed by atoms with Crippen LogP contribution >= 0.6 is 0 Å². The fraction of sp³-hybridized carbons (Fsp3) is 0.500. The van der Waals surface area contributed by atoms with Crippen LogP contribution in [0.5, 0.6) is 0 Å². The summed E-state index contributed by atoms with van der Waals surface area (Å²) in [7, 11) is 0. The van der Waals surface area contributed by atoms with Gasteiger partial charge in [0, 0.05) is 31.4 Å². The molecular weight excluding hydrogens is 266 g/mol. The maximum absolute atomic E-state index is 12.2. The lowest BCUT2D eigenvalue weighted by molar-refractivity contribution is -0.120. The number of hydrogen-bond acceptors (Lipinski definition) is 3. The van der Waals surface area contributed by atoms with Crippen molar-refractivity contribution in [2.75, 3.05) is 29.9 Å². The van der Waals surface area contributed by atoms with Gasteiger partial charge < -0.3 is 15.5 Å². The largest absolute Gasteiger partial charge is 0.326 e. The molecule has 0 saturated carbocycles. The van der Waals surface area contributed by atoms with Gasteiger partial charge in [-0.3, -0.25) is 9.59 Å². The van der Waals surface area contributed by atoms with Crippen LogP contribution in [0.4, 0.5) is 11.4 Å². The molecule has 5 heteroatoms. The minimum Gasteiger partial charge on any atom is -0.326 e. The first-order valence-corrected chi connectivity index (χ1v) is 7.58. The van der Waals surface area contributed by atoms with Crippen molar-refractivity contribution in [1.82, 2.24) is 5.32 Å². The van der Waals surface area contributed by atoms with Crippen LogP contribution in [0.25, 0.3) is 0 Å². The molecule has 21 heavy (non-hydrogen) atoms. The molecule has 1 atom stereocenters. The monoisotopic (exact) mass is 287 g/mol. The predicted molar refractivity (Wildman–Crippen MR) is 82.4 cm³/mol. The Morgan fingerprint density at radius 1 is 1.38 bits per heavy atom. The van der Waals surface area contributed by atoms with Crippen LogP contribution in [0.15, 0.2) is 18.2 Å². The fourth-order valence-corrected chi connectivity index (χ4v) is 3.13. The highest BCUT2D eigenvalue weighted by molar-refractivity contribution is 5.96. The second-order valence-electron chi connectivity index (χ2n) is 5.80. The van der Waals surface area contributed by atoms with E-state index in [-0.39, 0.29) is 17.7 Å². The number of amides is 2. The molecule has 0 aromatic heterocycles. The zero-order valence-electron chi connectivity index (χ0n) is 12.3. The Morgan fingerprint density at radius 3 is 2.95 bits per heavy atom. The molecular formula is C16H21N3O2. The third-order valence-electron chi connectivity index (χ3n) is 4.29. The highest BCUT2D eigenvalue weighted by atomic mass is 16.2. The molecule has 5 nitrogen and oxygen atoms in total. The first-order chi connectivity index (χ1) is 10.1. The summed E-state index contributed by atoms with van der Waals surface area (Å²) in [5.41, 5.74) is 2.93. The van der Waals surface area contributed by atoms with Gasteiger partial charge in [0.15, 0.2) is 0 Å². The Labute approximate surface area is 124 Å². The molecule has 2 aliphatic heterocycles. The molecule has 1 aromatic carbocycles. The van der Waals surface area contributed by atoms with Crippen LogP contribution in [-0.2, 0) is 16.0 Å². The molecule has 2 N–H and O–H groups in total. The Morgan fingerprint density at radius 2 is 2.24 bits per heavy atom. The van der Waals surface area contributed by atoms with E-state index in [4.69, 9.17) is 0 Å². The van der Waals surface area contributed by atoms with Crippen molar-refractivity contribution >= 4 is 23.2 Å². The average molecular weight is 287 g/mol. The van der Waals surface area contributed by atoms with Gasteiger partial charge in [0.1, 0.15) is 0 Å². The van der Waals surface area contributed by atoms with E-state index in [0.717, 1.165) is 55.8 Å². The summed E-state index contributed by atoms with van der Waals surface area (Å²) in [5.74, 6) is 0.211. The number of hydrogen-bond donors (Lipinski definition) is 2. The number of carbonyl (C=O) groups is 2. The third-order valence-corrected chi connectivity index (χ3v) is 4.29. The van der Waals surface area contributed by atoms with Crippen molar-refractivity contribution in [2.24, 2.45) is 5.92 Å². The first kappa shape index (κ1) is 14.1. The van der Waals surface area contributed by atoms with Crippen molar-refractivity contribution < 1.29 is 9.59 Å². The number of piperidine rings is 1. The van der Waals surface area contributed by atoms with E-state index in [2.05, 4.69) is 10.6 Å². The van der Waals surface area contributed by atoms with E-state index >= 15 is 0 Å². The quantitative estimate of drug-likeness (QED) is 0.867. The zero-order valence-corrected chi connectivity index (χ0v) is 12.3. The number of benzene rings is 1. The number of carbonyl (C=O) groups excluding carboxylic acids is 2. The lowest BCUT2D eigenvalue weighted by Gasteiger charge is -2.22. The van der Waals surface area contributed by atoms with Crippen LogP contribution in [0, 0.1) is 5.92 Å². The average Bonchev–Trinajstić information content (AvgIpc) is 2.91. The second kappa shape index (κ2) is 5.85. The molecule has 1 fully saturated rings. The Hall–Kier alpha value is -1.88. The normalized spacial score (nSPS) is 21.0. The van der Waals surface area contributed by atoms with Crippen LogP contribution < -0.4 is 15.5 Å². The Bertz CT molecular complexity index is 565. The molecule has 1 saturated heterocycles. The molecule has 2 amide bonds. The molecule has 112 valence electrons. The van der Waals surface area contributed by atoms with E-state index in [1.165, 1.54) is 0 Å². The van der Waals surface area contributed by atoms with Gasteiger partial charge in [-0.1, -0.05) is 0 Å². The second-order valence-corrected chi connectivity index (χ2v) is 5.80. The molecule has 1 aromatic rings. The molecule has 0 radical (unpaired) electrons. The van der Waals surface area contributed by atoms with E-state index in [0.29, 0.717) is 0 Å². The van der Waals surface area contributed by atoms with E-state index < -0.39 is 0 Å².